The van der Waals surface area contributed by atoms with Gasteiger partial charge < -0.3 is 11.1 Å². The molecule has 1 heterocycles. The molecule has 0 bridgehead atoms. The van der Waals surface area contributed by atoms with Gasteiger partial charge in [-0.05, 0) is 18.6 Å². The summed E-state index contributed by atoms with van der Waals surface area (Å²) in [5, 5.41) is 14.1. The lowest BCUT2D eigenvalue weighted by Gasteiger charge is -2.06. The molecule has 7 nitrogen and oxygen atoms in total. The van der Waals surface area contributed by atoms with Crippen molar-refractivity contribution < 1.29 is 9.72 Å². The molecule has 1 aromatic carbocycles. The molecule has 0 aliphatic rings. The third-order valence-electron chi connectivity index (χ3n) is 2.57. The Bertz CT molecular complexity index is 625. The summed E-state index contributed by atoms with van der Waals surface area (Å²) in [6.07, 6.45) is 0.779. The number of nitro benzene ring substituents is 1. The van der Waals surface area contributed by atoms with E-state index in [0.29, 0.717) is 24.2 Å². The number of carbonyl (C=O) groups is 1. The van der Waals surface area contributed by atoms with Crippen molar-refractivity contribution in [3.05, 3.63) is 27.8 Å². The van der Waals surface area contributed by atoms with E-state index in [2.05, 4.69) is 10.3 Å². The molecular weight excluding hydrogens is 268 g/mol. The van der Waals surface area contributed by atoms with Crippen LogP contribution in [0.15, 0.2) is 17.6 Å². The molecule has 0 fully saturated rings. The van der Waals surface area contributed by atoms with E-state index < -0.39 is 4.92 Å². The van der Waals surface area contributed by atoms with E-state index in [1.807, 2.05) is 0 Å². The second-order valence-electron chi connectivity index (χ2n) is 3.91. The van der Waals surface area contributed by atoms with Gasteiger partial charge in [-0.25, -0.2) is 4.98 Å². The van der Waals surface area contributed by atoms with Crippen LogP contribution < -0.4 is 11.1 Å². The van der Waals surface area contributed by atoms with Gasteiger partial charge in [0.1, 0.15) is 5.69 Å². The maximum absolute atomic E-state index is 11.1. The quantitative estimate of drug-likeness (QED) is 0.476. The number of nitro groups is 1. The van der Waals surface area contributed by atoms with Crippen molar-refractivity contribution in [2.24, 2.45) is 5.73 Å². The lowest BCUT2D eigenvalue weighted by Crippen LogP contribution is -2.13. The number of carbonyl (C=O) groups excluding carboxylic acids is 1. The molecule has 0 atom stereocenters. The van der Waals surface area contributed by atoms with Crippen LogP contribution in [0.3, 0.4) is 0 Å². The molecule has 2 rings (SSSR count). The average Bonchev–Trinajstić information content (AvgIpc) is 2.81. The Balaban J connectivity index is 2.19. The highest BCUT2D eigenvalue weighted by atomic mass is 32.1. The van der Waals surface area contributed by atoms with Gasteiger partial charge in [-0.1, -0.05) is 0 Å². The summed E-state index contributed by atoms with van der Waals surface area (Å²) < 4.78 is 0.773. The molecule has 0 spiro atoms. The zero-order valence-corrected chi connectivity index (χ0v) is 10.8. The second kappa shape index (κ2) is 5.61. The van der Waals surface area contributed by atoms with Gasteiger partial charge in [-0.3, -0.25) is 14.9 Å². The molecule has 19 heavy (non-hydrogen) atoms. The molecule has 0 saturated heterocycles. The highest BCUT2D eigenvalue weighted by Crippen LogP contribution is 2.34. The minimum Gasteiger partial charge on any atom is -0.379 e. The third kappa shape index (κ3) is 2.97. The second-order valence-corrected chi connectivity index (χ2v) is 4.80. The molecule has 1 aromatic heterocycles. The molecule has 1 amide bonds. The number of hydrogen-bond acceptors (Lipinski definition) is 6. The van der Waals surface area contributed by atoms with Crippen LogP contribution in [0, 0.1) is 10.1 Å². The molecule has 2 aromatic rings. The normalized spacial score (nSPS) is 10.5. The fourth-order valence-corrected chi connectivity index (χ4v) is 2.41. The number of fused-ring (bicyclic) bond motifs is 1. The first kappa shape index (κ1) is 13.2. The zero-order valence-electron chi connectivity index (χ0n) is 9.96. The van der Waals surface area contributed by atoms with E-state index in [0.717, 1.165) is 4.70 Å². The fraction of sp³-hybridized carbons (Fsp3) is 0.273. The maximum atomic E-state index is 11.1. The van der Waals surface area contributed by atoms with Crippen LogP contribution in [0.2, 0.25) is 0 Å². The van der Waals surface area contributed by atoms with E-state index in [1.165, 1.54) is 11.3 Å². The summed E-state index contributed by atoms with van der Waals surface area (Å²) in [6.45, 7) is 0.444. The van der Waals surface area contributed by atoms with Crippen molar-refractivity contribution in [3.8, 4) is 0 Å². The lowest BCUT2D eigenvalue weighted by atomic mass is 10.2. The van der Waals surface area contributed by atoms with E-state index >= 15 is 0 Å². The number of hydrogen-bond donors (Lipinski definition) is 2. The number of aromatic nitrogens is 1. The first-order valence-electron chi connectivity index (χ1n) is 5.62. The van der Waals surface area contributed by atoms with Crippen molar-refractivity contribution in [2.45, 2.75) is 12.8 Å². The molecule has 8 heteroatoms. The fourth-order valence-electron chi connectivity index (χ4n) is 1.73. The molecule has 0 aliphatic heterocycles. The van der Waals surface area contributed by atoms with Gasteiger partial charge >= 0.3 is 5.69 Å². The van der Waals surface area contributed by atoms with Crippen LogP contribution in [0.25, 0.3) is 10.2 Å². The van der Waals surface area contributed by atoms with Gasteiger partial charge in [0.15, 0.2) is 5.52 Å². The highest BCUT2D eigenvalue weighted by Gasteiger charge is 2.20. The summed E-state index contributed by atoms with van der Waals surface area (Å²) in [5.74, 6) is -0.383. The van der Waals surface area contributed by atoms with Gasteiger partial charge in [-0.2, -0.15) is 0 Å². The van der Waals surface area contributed by atoms with Crippen molar-refractivity contribution in [1.29, 1.82) is 0 Å². The monoisotopic (exact) mass is 280 g/mol. The average molecular weight is 280 g/mol. The molecule has 0 saturated carbocycles. The van der Waals surface area contributed by atoms with Crippen molar-refractivity contribution >= 4 is 38.8 Å². The molecular formula is C11H12N4O3S. The van der Waals surface area contributed by atoms with Gasteiger partial charge in [0, 0.05) is 13.0 Å². The predicted octanol–water partition coefficient (Wildman–Crippen LogP) is 1.88. The minimum atomic E-state index is -0.446. The Morgan fingerprint density at radius 1 is 1.53 bits per heavy atom. The smallest absolute Gasteiger partial charge is 0.319 e. The zero-order chi connectivity index (χ0) is 13.8. The van der Waals surface area contributed by atoms with E-state index in [-0.39, 0.29) is 18.0 Å². The minimum absolute atomic E-state index is 0.0298. The Hall–Kier alpha value is -2.22. The molecule has 0 radical (unpaired) electrons. The summed E-state index contributed by atoms with van der Waals surface area (Å²) in [7, 11) is 0. The van der Waals surface area contributed by atoms with Crippen molar-refractivity contribution in [2.75, 3.05) is 11.9 Å². The van der Waals surface area contributed by atoms with Crippen LogP contribution in [-0.4, -0.2) is 22.4 Å². The topological polar surface area (TPSA) is 111 Å². The van der Waals surface area contributed by atoms with Crippen molar-refractivity contribution in [3.63, 3.8) is 0 Å². The highest BCUT2D eigenvalue weighted by molar-refractivity contribution is 7.16. The number of primary amides is 1. The summed E-state index contributed by atoms with van der Waals surface area (Å²) in [5.41, 5.74) is 7.37. The van der Waals surface area contributed by atoms with Crippen LogP contribution in [0.4, 0.5) is 11.4 Å². The predicted molar refractivity (Wildman–Crippen MR) is 73.2 cm³/mol. The molecule has 100 valence electrons. The Morgan fingerprint density at radius 2 is 2.32 bits per heavy atom. The SMILES string of the molecule is NC(=O)CCCNc1ccc2scnc2c1[N+](=O)[O-]. The number of nitrogens with two attached hydrogens (primary N) is 1. The van der Waals surface area contributed by atoms with Crippen LogP contribution in [-0.2, 0) is 4.79 Å². The number of rotatable bonds is 6. The maximum Gasteiger partial charge on any atom is 0.319 e. The number of benzene rings is 1. The molecule has 0 unspecified atom stereocenters. The first-order chi connectivity index (χ1) is 9.09. The van der Waals surface area contributed by atoms with Gasteiger partial charge in [0.2, 0.25) is 5.91 Å². The third-order valence-corrected chi connectivity index (χ3v) is 3.37. The summed E-state index contributed by atoms with van der Waals surface area (Å²) in [4.78, 5) is 25.3. The number of nitrogens with one attached hydrogen (secondary N) is 1. The molecule has 0 aliphatic carbocycles. The standard InChI is InChI=1S/C11H12N4O3S/c12-9(16)2-1-5-13-7-3-4-8-10(14-6-19-8)11(7)15(17)18/h3-4,6,13H,1-2,5H2,(H2,12,16). The lowest BCUT2D eigenvalue weighted by molar-refractivity contribution is -0.382. The van der Waals surface area contributed by atoms with E-state index in [1.54, 1.807) is 17.6 Å². The van der Waals surface area contributed by atoms with Gasteiger partial charge in [-0.15, -0.1) is 11.3 Å². The Morgan fingerprint density at radius 3 is 3.00 bits per heavy atom. The number of anilines is 1. The largest absolute Gasteiger partial charge is 0.379 e. The van der Waals surface area contributed by atoms with Gasteiger partial charge in [0.25, 0.3) is 0 Å². The Labute approximate surface area is 112 Å². The van der Waals surface area contributed by atoms with E-state index in [9.17, 15) is 14.9 Å². The molecule has 3 N–H and O–H groups in total. The van der Waals surface area contributed by atoms with Crippen LogP contribution >= 0.6 is 11.3 Å². The van der Waals surface area contributed by atoms with Crippen molar-refractivity contribution in [1.82, 2.24) is 4.98 Å². The number of amides is 1. The van der Waals surface area contributed by atoms with Gasteiger partial charge in [0.05, 0.1) is 15.1 Å². The first-order valence-corrected chi connectivity index (χ1v) is 6.50. The van der Waals surface area contributed by atoms with E-state index in [4.69, 9.17) is 5.73 Å². The number of nitrogens with zero attached hydrogens (tertiary/aromatic N) is 2. The number of thiazole rings is 1. The van der Waals surface area contributed by atoms with Crippen LogP contribution in [0.1, 0.15) is 12.8 Å². The van der Waals surface area contributed by atoms with Crippen LogP contribution in [0.5, 0.6) is 0 Å². The summed E-state index contributed by atoms with van der Waals surface area (Å²) in [6, 6.07) is 3.44. The Kier molecular flexibility index (Phi) is 3.91. The summed E-state index contributed by atoms with van der Waals surface area (Å²) >= 11 is 1.36.